The van der Waals surface area contributed by atoms with Crippen molar-refractivity contribution >= 4 is 16.9 Å². The average molecular weight is 205 g/mol. The molecule has 0 radical (unpaired) electrons. The number of rotatable bonds is 3. The van der Waals surface area contributed by atoms with Gasteiger partial charge < -0.3 is 15.0 Å². The Morgan fingerprint density at radius 2 is 2.53 bits per heavy atom. The fourth-order valence-electron chi connectivity index (χ4n) is 1.30. The number of aromatic amines is 1. The molecule has 0 saturated heterocycles. The molecule has 2 aromatic rings. The average Bonchev–Trinajstić information content (AvgIpc) is 2.72. The number of nitrogens with one attached hydrogen (secondary N) is 2. The minimum absolute atomic E-state index is 0.188. The lowest BCUT2D eigenvalue weighted by molar-refractivity contribution is 0.0872. The summed E-state index contributed by atoms with van der Waals surface area (Å²) in [6, 6.07) is 3.65. The number of amides is 1. The Bertz CT molecular complexity index is 478. The highest BCUT2D eigenvalue weighted by atomic mass is 16.5. The van der Waals surface area contributed by atoms with Gasteiger partial charge in [-0.3, -0.25) is 4.79 Å². The Balaban J connectivity index is 2.23. The fourth-order valence-corrected chi connectivity index (χ4v) is 1.30. The van der Waals surface area contributed by atoms with Crippen LogP contribution in [-0.4, -0.2) is 29.7 Å². The van der Waals surface area contributed by atoms with E-state index in [0.717, 1.165) is 11.0 Å². The zero-order valence-electron chi connectivity index (χ0n) is 8.28. The molecule has 0 aliphatic carbocycles. The van der Waals surface area contributed by atoms with Gasteiger partial charge in [0.15, 0.2) is 0 Å². The van der Waals surface area contributed by atoms with Crippen molar-refractivity contribution < 1.29 is 9.53 Å². The topological polar surface area (TPSA) is 67.0 Å². The number of ether oxygens (including phenoxy) is 1. The van der Waals surface area contributed by atoms with Crippen molar-refractivity contribution in [2.24, 2.45) is 0 Å². The molecule has 2 rings (SSSR count). The summed E-state index contributed by atoms with van der Waals surface area (Å²) in [7, 11) is 1.52. The Morgan fingerprint density at radius 1 is 1.67 bits per heavy atom. The molecule has 78 valence electrons. The molecule has 0 atom stereocenters. The normalized spacial score (nSPS) is 10.5. The van der Waals surface area contributed by atoms with E-state index < -0.39 is 0 Å². The van der Waals surface area contributed by atoms with E-state index >= 15 is 0 Å². The maximum absolute atomic E-state index is 11.5. The van der Waals surface area contributed by atoms with Gasteiger partial charge in [-0.25, -0.2) is 4.98 Å². The molecule has 0 unspecified atom stereocenters. The van der Waals surface area contributed by atoms with Crippen LogP contribution in [-0.2, 0) is 4.74 Å². The minimum atomic E-state index is -0.188. The maximum atomic E-state index is 11.5. The Kier molecular flexibility index (Phi) is 2.64. The molecule has 5 nitrogen and oxygen atoms in total. The maximum Gasteiger partial charge on any atom is 0.254 e. The van der Waals surface area contributed by atoms with Crippen molar-refractivity contribution in [1.82, 2.24) is 15.3 Å². The molecule has 5 heteroatoms. The predicted molar refractivity (Wildman–Crippen MR) is 55.4 cm³/mol. The second kappa shape index (κ2) is 4.10. The van der Waals surface area contributed by atoms with E-state index in [2.05, 4.69) is 15.3 Å². The highest BCUT2D eigenvalue weighted by Gasteiger charge is 2.06. The number of hydrogen-bond donors (Lipinski definition) is 2. The van der Waals surface area contributed by atoms with E-state index in [-0.39, 0.29) is 12.6 Å². The summed E-state index contributed by atoms with van der Waals surface area (Å²) in [6.07, 6.45) is 3.32. The monoisotopic (exact) mass is 205 g/mol. The number of carbonyl (C=O) groups excluding carboxylic acids is 1. The minimum Gasteiger partial charge on any atom is -0.364 e. The molecule has 0 bridgehead atoms. The Hall–Kier alpha value is -1.88. The van der Waals surface area contributed by atoms with Crippen molar-refractivity contribution in [3.05, 3.63) is 30.1 Å². The number of carbonyl (C=O) groups is 1. The molecule has 0 fully saturated rings. The largest absolute Gasteiger partial charge is 0.364 e. The van der Waals surface area contributed by atoms with Gasteiger partial charge in [-0.05, 0) is 12.1 Å². The van der Waals surface area contributed by atoms with Gasteiger partial charge in [0.2, 0.25) is 0 Å². The summed E-state index contributed by atoms with van der Waals surface area (Å²) >= 11 is 0. The second-order valence-electron chi connectivity index (χ2n) is 3.08. The summed E-state index contributed by atoms with van der Waals surface area (Å²) in [5, 5.41) is 3.51. The van der Waals surface area contributed by atoms with Crippen molar-refractivity contribution in [3.8, 4) is 0 Å². The van der Waals surface area contributed by atoms with Crippen LogP contribution in [0.5, 0.6) is 0 Å². The number of methoxy groups -OCH3 is 1. The molecule has 2 N–H and O–H groups in total. The van der Waals surface area contributed by atoms with Crippen LogP contribution < -0.4 is 5.32 Å². The second-order valence-corrected chi connectivity index (χ2v) is 3.08. The molecule has 15 heavy (non-hydrogen) atoms. The Morgan fingerprint density at radius 3 is 3.33 bits per heavy atom. The summed E-state index contributed by atoms with van der Waals surface area (Å²) in [5.41, 5.74) is 1.30. The highest BCUT2D eigenvalue weighted by Crippen LogP contribution is 2.10. The number of hydrogen-bond acceptors (Lipinski definition) is 3. The zero-order valence-corrected chi connectivity index (χ0v) is 8.28. The lowest BCUT2D eigenvalue weighted by atomic mass is 10.2. The third kappa shape index (κ3) is 1.97. The van der Waals surface area contributed by atoms with Gasteiger partial charge in [-0.15, -0.1) is 0 Å². The first-order valence-corrected chi connectivity index (χ1v) is 4.51. The van der Waals surface area contributed by atoms with Gasteiger partial charge in [0.05, 0.1) is 5.56 Å². The number of pyridine rings is 1. The van der Waals surface area contributed by atoms with Crippen LogP contribution in [0, 0.1) is 0 Å². The van der Waals surface area contributed by atoms with Gasteiger partial charge in [-0.2, -0.15) is 0 Å². The first kappa shape index (κ1) is 9.67. The van der Waals surface area contributed by atoms with Crippen molar-refractivity contribution in [2.45, 2.75) is 0 Å². The lowest BCUT2D eigenvalue weighted by Crippen LogP contribution is -2.25. The van der Waals surface area contributed by atoms with E-state index in [1.165, 1.54) is 13.3 Å². The first-order chi connectivity index (χ1) is 7.31. The zero-order chi connectivity index (χ0) is 10.7. The Labute approximate surface area is 86.5 Å². The van der Waals surface area contributed by atoms with Crippen LogP contribution in [0.3, 0.4) is 0 Å². The quantitative estimate of drug-likeness (QED) is 0.731. The summed E-state index contributed by atoms with van der Waals surface area (Å²) in [4.78, 5) is 18.6. The molecule has 0 aliphatic rings. The molecule has 0 aliphatic heterocycles. The fraction of sp³-hybridized carbons (Fsp3) is 0.200. The van der Waals surface area contributed by atoms with Crippen LogP contribution in [0.15, 0.2) is 24.5 Å². The van der Waals surface area contributed by atoms with Gasteiger partial charge in [0.25, 0.3) is 5.91 Å². The third-order valence-corrected chi connectivity index (χ3v) is 2.04. The standard InChI is InChI=1S/C10H11N3O2/c1-15-6-13-10(14)8-4-7-2-3-11-9(7)12-5-8/h2-5H,6H2,1H3,(H,11,12)(H,13,14). The SMILES string of the molecule is COCNC(=O)c1cnc2[nH]ccc2c1. The van der Waals surface area contributed by atoms with Crippen LogP contribution in [0.25, 0.3) is 11.0 Å². The molecule has 1 amide bonds. The first-order valence-electron chi connectivity index (χ1n) is 4.51. The van der Waals surface area contributed by atoms with E-state index in [1.807, 2.05) is 6.07 Å². The molecule has 0 aromatic carbocycles. The molecule has 2 heterocycles. The van der Waals surface area contributed by atoms with Crippen LogP contribution in [0.1, 0.15) is 10.4 Å². The smallest absolute Gasteiger partial charge is 0.254 e. The molecule has 0 saturated carbocycles. The highest BCUT2D eigenvalue weighted by molar-refractivity contribution is 5.96. The van der Waals surface area contributed by atoms with Crippen molar-refractivity contribution in [2.75, 3.05) is 13.8 Å². The predicted octanol–water partition coefficient (Wildman–Crippen LogP) is 0.897. The number of aromatic nitrogens is 2. The van der Waals surface area contributed by atoms with Crippen LogP contribution in [0.2, 0.25) is 0 Å². The van der Waals surface area contributed by atoms with Gasteiger partial charge in [0.1, 0.15) is 12.4 Å². The van der Waals surface area contributed by atoms with E-state index in [9.17, 15) is 4.79 Å². The number of H-pyrrole nitrogens is 1. The van der Waals surface area contributed by atoms with E-state index in [1.54, 1.807) is 12.3 Å². The molecule has 0 spiro atoms. The molecular formula is C10H11N3O2. The van der Waals surface area contributed by atoms with Crippen molar-refractivity contribution in [1.29, 1.82) is 0 Å². The van der Waals surface area contributed by atoms with Gasteiger partial charge >= 0.3 is 0 Å². The van der Waals surface area contributed by atoms with E-state index in [4.69, 9.17) is 4.74 Å². The number of fused-ring (bicyclic) bond motifs is 1. The third-order valence-electron chi connectivity index (χ3n) is 2.04. The van der Waals surface area contributed by atoms with Gasteiger partial charge in [0, 0.05) is 24.9 Å². The number of nitrogens with zero attached hydrogens (tertiary/aromatic N) is 1. The summed E-state index contributed by atoms with van der Waals surface area (Å²) in [6.45, 7) is 0.198. The van der Waals surface area contributed by atoms with Crippen molar-refractivity contribution in [3.63, 3.8) is 0 Å². The summed E-state index contributed by atoms with van der Waals surface area (Å²) in [5.74, 6) is -0.188. The lowest BCUT2D eigenvalue weighted by Gasteiger charge is -2.02. The van der Waals surface area contributed by atoms with Crippen LogP contribution in [0.4, 0.5) is 0 Å². The van der Waals surface area contributed by atoms with Crippen LogP contribution >= 0.6 is 0 Å². The van der Waals surface area contributed by atoms with Gasteiger partial charge in [-0.1, -0.05) is 0 Å². The van der Waals surface area contributed by atoms with E-state index in [0.29, 0.717) is 5.56 Å². The summed E-state index contributed by atoms with van der Waals surface area (Å²) < 4.78 is 4.75. The molecule has 2 aromatic heterocycles. The molecular weight excluding hydrogens is 194 g/mol.